The Hall–Kier alpha value is -3.39. The molecule has 2 heterocycles. The summed E-state index contributed by atoms with van der Waals surface area (Å²) in [6, 6.07) is 13.0. The van der Waals surface area contributed by atoms with Crippen molar-refractivity contribution in [3.63, 3.8) is 0 Å². The standard InChI is InChI=1S/C20H14FN3O3S/c1-11-22-23-20(28-11)24-16(12-7-9-14(21)10-8-12)15(18(26)19(24)27)17(25)13-5-3-2-4-6-13/h2-10,16,25H,1H3/b17-15-. The van der Waals surface area contributed by atoms with E-state index in [1.54, 1.807) is 37.3 Å². The normalized spacial score (nSPS) is 18.6. The molecule has 4 rings (SSSR count). The van der Waals surface area contributed by atoms with E-state index in [2.05, 4.69) is 10.2 Å². The molecule has 140 valence electrons. The molecule has 1 aliphatic rings. The molecule has 0 aliphatic carbocycles. The maximum atomic E-state index is 13.4. The van der Waals surface area contributed by atoms with Crippen LogP contribution in [-0.2, 0) is 9.59 Å². The molecule has 0 radical (unpaired) electrons. The van der Waals surface area contributed by atoms with Crippen LogP contribution in [0.5, 0.6) is 0 Å². The third-order valence-electron chi connectivity index (χ3n) is 4.40. The summed E-state index contributed by atoms with van der Waals surface area (Å²) in [7, 11) is 0. The lowest BCUT2D eigenvalue weighted by Crippen LogP contribution is -2.29. The number of aliphatic hydroxyl groups excluding tert-OH is 1. The van der Waals surface area contributed by atoms with Gasteiger partial charge in [0, 0.05) is 5.56 Å². The Labute approximate surface area is 163 Å². The van der Waals surface area contributed by atoms with Gasteiger partial charge in [0.25, 0.3) is 5.78 Å². The van der Waals surface area contributed by atoms with Crippen molar-refractivity contribution in [2.45, 2.75) is 13.0 Å². The zero-order valence-electron chi connectivity index (χ0n) is 14.7. The van der Waals surface area contributed by atoms with Crippen molar-refractivity contribution in [1.82, 2.24) is 10.2 Å². The molecule has 1 aromatic heterocycles. The Morgan fingerprint density at radius 2 is 1.75 bits per heavy atom. The summed E-state index contributed by atoms with van der Waals surface area (Å²) in [5.41, 5.74) is 0.808. The van der Waals surface area contributed by atoms with Crippen molar-refractivity contribution in [3.8, 4) is 0 Å². The first-order chi connectivity index (χ1) is 13.5. The first-order valence-electron chi connectivity index (χ1n) is 8.39. The van der Waals surface area contributed by atoms with Crippen molar-refractivity contribution >= 4 is 33.9 Å². The average molecular weight is 395 g/mol. The molecule has 1 aliphatic heterocycles. The summed E-state index contributed by atoms with van der Waals surface area (Å²) in [5.74, 6) is -2.39. The van der Waals surface area contributed by atoms with Gasteiger partial charge in [-0.15, -0.1) is 10.2 Å². The van der Waals surface area contributed by atoms with E-state index in [0.29, 0.717) is 16.1 Å². The Bertz CT molecular complexity index is 1090. The number of aliphatic hydroxyl groups is 1. The summed E-state index contributed by atoms with van der Waals surface area (Å²) in [5, 5.41) is 19.6. The van der Waals surface area contributed by atoms with E-state index in [1.807, 2.05) is 0 Å². The van der Waals surface area contributed by atoms with Gasteiger partial charge < -0.3 is 5.11 Å². The van der Waals surface area contributed by atoms with E-state index in [9.17, 15) is 19.1 Å². The molecule has 1 fully saturated rings. The Morgan fingerprint density at radius 1 is 1.07 bits per heavy atom. The molecule has 1 unspecified atom stereocenters. The second-order valence-corrected chi connectivity index (χ2v) is 7.35. The minimum atomic E-state index is -0.937. The molecular formula is C20H14FN3O3S. The number of rotatable bonds is 3. The third kappa shape index (κ3) is 2.97. The Kier molecular flexibility index (Phi) is 4.48. The molecule has 1 saturated heterocycles. The van der Waals surface area contributed by atoms with Gasteiger partial charge in [0.15, 0.2) is 0 Å². The van der Waals surface area contributed by atoms with Gasteiger partial charge in [-0.1, -0.05) is 53.8 Å². The predicted octanol–water partition coefficient (Wildman–Crippen LogP) is 3.61. The highest BCUT2D eigenvalue weighted by molar-refractivity contribution is 7.15. The second-order valence-electron chi connectivity index (χ2n) is 6.19. The average Bonchev–Trinajstić information content (AvgIpc) is 3.24. The number of amides is 1. The SMILES string of the molecule is Cc1nnc(N2C(=O)C(=O)/C(=C(\O)c3ccccc3)C2c2ccc(F)cc2)s1. The van der Waals surface area contributed by atoms with Crippen molar-refractivity contribution in [1.29, 1.82) is 0 Å². The monoisotopic (exact) mass is 395 g/mol. The van der Waals surface area contributed by atoms with Gasteiger partial charge in [0.2, 0.25) is 5.13 Å². The lowest BCUT2D eigenvalue weighted by atomic mass is 9.95. The van der Waals surface area contributed by atoms with Crippen LogP contribution in [0.3, 0.4) is 0 Å². The van der Waals surface area contributed by atoms with E-state index in [1.165, 1.54) is 29.2 Å². The van der Waals surface area contributed by atoms with Gasteiger partial charge >= 0.3 is 5.91 Å². The highest BCUT2D eigenvalue weighted by Gasteiger charge is 2.48. The number of aryl methyl sites for hydroxylation is 1. The van der Waals surface area contributed by atoms with Crippen molar-refractivity contribution in [3.05, 3.63) is 82.1 Å². The number of hydrogen-bond donors (Lipinski definition) is 1. The smallest absolute Gasteiger partial charge is 0.301 e. The number of anilines is 1. The molecule has 1 N–H and O–H groups in total. The second kappa shape index (κ2) is 6.97. The predicted molar refractivity (Wildman–Crippen MR) is 102 cm³/mol. The fourth-order valence-electron chi connectivity index (χ4n) is 3.13. The number of hydrogen-bond acceptors (Lipinski definition) is 6. The number of ketones is 1. The summed E-state index contributed by atoms with van der Waals surface area (Å²) < 4.78 is 13.4. The van der Waals surface area contributed by atoms with Gasteiger partial charge in [0.05, 0.1) is 11.6 Å². The summed E-state index contributed by atoms with van der Waals surface area (Å²) >= 11 is 1.15. The number of halogens is 1. The largest absolute Gasteiger partial charge is 0.507 e. The number of aromatic nitrogens is 2. The highest BCUT2D eigenvalue weighted by Crippen LogP contribution is 2.42. The van der Waals surface area contributed by atoms with E-state index in [-0.39, 0.29) is 16.5 Å². The minimum Gasteiger partial charge on any atom is -0.507 e. The first kappa shape index (κ1) is 18.0. The molecule has 28 heavy (non-hydrogen) atoms. The molecule has 0 bridgehead atoms. The zero-order valence-corrected chi connectivity index (χ0v) is 15.5. The fraction of sp³-hybridized carbons (Fsp3) is 0.100. The number of carbonyl (C=O) groups excluding carboxylic acids is 2. The van der Waals surface area contributed by atoms with Crippen molar-refractivity contribution in [2.75, 3.05) is 4.90 Å². The maximum Gasteiger partial charge on any atom is 0.301 e. The van der Waals surface area contributed by atoms with Gasteiger partial charge in [0.1, 0.15) is 16.6 Å². The number of Topliss-reactive ketones (excluding diaryl/α,β-unsaturated/α-hetero) is 1. The quantitative estimate of drug-likeness (QED) is 0.416. The molecule has 6 nitrogen and oxygen atoms in total. The topological polar surface area (TPSA) is 83.4 Å². The van der Waals surface area contributed by atoms with E-state index < -0.39 is 23.5 Å². The molecule has 1 atom stereocenters. The van der Waals surface area contributed by atoms with Crippen LogP contribution in [-0.4, -0.2) is 27.0 Å². The number of carbonyl (C=O) groups is 2. The Morgan fingerprint density at radius 3 is 2.36 bits per heavy atom. The first-order valence-corrected chi connectivity index (χ1v) is 9.21. The van der Waals surface area contributed by atoms with E-state index in [4.69, 9.17) is 0 Å². The van der Waals surface area contributed by atoms with Crippen LogP contribution in [0, 0.1) is 12.7 Å². The molecule has 0 saturated carbocycles. The molecule has 8 heteroatoms. The van der Waals surface area contributed by atoms with Crippen molar-refractivity contribution < 1.29 is 19.1 Å². The molecular weight excluding hydrogens is 381 g/mol. The fourth-order valence-corrected chi connectivity index (χ4v) is 3.84. The van der Waals surface area contributed by atoms with E-state index in [0.717, 1.165) is 11.3 Å². The van der Waals surface area contributed by atoms with Crippen LogP contribution in [0.15, 0.2) is 60.2 Å². The van der Waals surface area contributed by atoms with Crippen LogP contribution < -0.4 is 4.90 Å². The molecule has 2 aromatic carbocycles. The molecule has 0 spiro atoms. The zero-order chi connectivity index (χ0) is 19.8. The molecule has 1 amide bonds. The van der Waals surface area contributed by atoms with Gasteiger partial charge in [-0.3, -0.25) is 14.5 Å². The highest BCUT2D eigenvalue weighted by atomic mass is 32.1. The van der Waals surface area contributed by atoms with Gasteiger partial charge in [-0.05, 0) is 24.6 Å². The summed E-state index contributed by atoms with van der Waals surface area (Å²) in [6.07, 6.45) is 0. The lowest BCUT2D eigenvalue weighted by molar-refractivity contribution is -0.132. The molecule has 3 aromatic rings. The van der Waals surface area contributed by atoms with Crippen molar-refractivity contribution in [2.24, 2.45) is 0 Å². The van der Waals surface area contributed by atoms with Crippen LogP contribution in [0.4, 0.5) is 9.52 Å². The summed E-state index contributed by atoms with van der Waals surface area (Å²) in [6.45, 7) is 1.73. The van der Waals surface area contributed by atoms with Crippen LogP contribution in [0.25, 0.3) is 5.76 Å². The number of benzene rings is 2. The summed E-state index contributed by atoms with van der Waals surface area (Å²) in [4.78, 5) is 26.8. The van der Waals surface area contributed by atoms with Gasteiger partial charge in [-0.25, -0.2) is 4.39 Å². The Balaban J connectivity index is 1.94. The van der Waals surface area contributed by atoms with Crippen LogP contribution in [0.2, 0.25) is 0 Å². The maximum absolute atomic E-state index is 13.4. The lowest BCUT2D eigenvalue weighted by Gasteiger charge is -2.22. The van der Waals surface area contributed by atoms with Crippen LogP contribution >= 0.6 is 11.3 Å². The van der Waals surface area contributed by atoms with Crippen LogP contribution in [0.1, 0.15) is 22.2 Å². The van der Waals surface area contributed by atoms with Gasteiger partial charge in [-0.2, -0.15) is 0 Å². The third-order valence-corrected chi connectivity index (χ3v) is 5.24. The van der Waals surface area contributed by atoms with E-state index >= 15 is 0 Å². The number of nitrogens with zero attached hydrogens (tertiary/aromatic N) is 3. The minimum absolute atomic E-state index is 0.0735.